The van der Waals surface area contributed by atoms with Crippen LogP contribution in [0, 0.1) is 5.92 Å². The van der Waals surface area contributed by atoms with Crippen LogP contribution in [0.3, 0.4) is 0 Å². The lowest BCUT2D eigenvalue weighted by molar-refractivity contribution is 0.192. The van der Waals surface area contributed by atoms with E-state index < -0.39 is 0 Å². The molecule has 13 heavy (non-hydrogen) atoms. The molecule has 0 bridgehead atoms. The minimum atomic E-state index is 0.750. The molecule has 3 unspecified atom stereocenters. The molecule has 0 aliphatic carbocycles. The molecule has 0 spiro atoms. The van der Waals surface area contributed by atoms with Crippen molar-refractivity contribution in [2.24, 2.45) is 5.92 Å². The zero-order valence-electron chi connectivity index (χ0n) is 8.79. The Morgan fingerprint density at radius 3 is 2.85 bits per heavy atom. The van der Waals surface area contributed by atoms with Gasteiger partial charge >= 0.3 is 0 Å². The van der Waals surface area contributed by atoms with Crippen molar-refractivity contribution in [2.45, 2.75) is 32.1 Å². The average Bonchev–Trinajstić information content (AvgIpc) is 2.13. The number of thioether (sulfide) groups is 1. The van der Waals surface area contributed by atoms with Crippen LogP contribution in [0.25, 0.3) is 0 Å². The maximum Gasteiger partial charge on any atom is 0.0184 e. The highest BCUT2D eigenvalue weighted by atomic mass is 79.9. The fraction of sp³-hybridized carbons (Fsp3) is 1.00. The van der Waals surface area contributed by atoms with Crippen molar-refractivity contribution in [2.75, 3.05) is 24.2 Å². The lowest BCUT2D eigenvalue weighted by atomic mass is 10.1. The Morgan fingerprint density at radius 2 is 2.23 bits per heavy atom. The van der Waals surface area contributed by atoms with Gasteiger partial charge in [-0.3, -0.25) is 4.90 Å². The van der Waals surface area contributed by atoms with E-state index in [1.807, 2.05) is 0 Å². The fourth-order valence-electron chi connectivity index (χ4n) is 1.70. The Bertz CT molecular complexity index is 154. The second-order valence-electron chi connectivity index (χ2n) is 4.07. The molecule has 3 atom stereocenters. The van der Waals surface area contributed by atoms with E-state index in [1.165, 1.54) is 18.8 Å². The van der Waals surface area contributed by atoms with Gasteiger partial charge in [-0.1, -0.05) is 29.8 Å². The normalized spacial score (nSPS) is 33.2. The number of rotatable bonds is 3. The van der Waals surface area contributed by atoms with E-state index in [2.05, 4.69) is 53.4 Å². The molecule has 0 amide bonds. The van der Waals surface area contributed by atoms with Gasteiger partial charge < -0.3 is 0 Å². The van der Waals surface area contributed by atoms with Gasteiger partial charge in [0.05, 0.1) is 0 Å². The Morgan fingerprint density at radius 1 is 1.54 bits per heavy atom. The molecular weight excluding hydrogens is 246 g/mol. The van der Waals surface area contributed by atoms with Gasteiger partial charge in [0.25, 0.3) is 0 Å². The second kappa shape index (κ2) is 5.62. The minimum Gasteiger partial charge on any atom is -0.298 e. The summed E-state index contributed by atoms with van der Waals surface area (Å²) in [5.74, 6) is 2.08. The molecule has 0 aromatic heterocycles. The zero-order chi connectivity index (χ0) is 9.84. The van der Waals surface area contributed by atoms with Crippen molar-refractivity contribution in [1.29, 1.82) is 0 Å². The van der Waals surface area contributed by atoms with Crippen LogP contribution in [0.5, 0.6) is 0 Å². The summed E-state index contributed by atoms with van der Waals surface area (Å²) in [6, 6.07) is 0.750. The molecule has 1 heterocycles. The van der Waals surface area contributed by atoms with Crippen molar-refractivity contribution in [3.63, 3.8) is 0 Å². The summed E-state index contributed by atoms with van der Waals surface area (Å²) < 4.78 is 0. The summed E-state index contributed by atoms with van der Waals surface area (Å²) in [7, 11) is 0. The van der Waals surface area contributed by atoms with E-state index in [4.69, 9.17) is 0 Å². The molecule has 78 valence electrons. The third-order valence-electron chi connectivity index (χ3n) is 2.82. The van der Waals surface area contributed by atoms with Crippen LogP contribution >= 0.6 is 27.7 Å². The Balaban J connectivity index is 2.39. The summed E-state index contributed by atoms with van der Waals surface area (Å²) in [6.07, 6.45) is 0. The molecule has 1 rings (SSSR count). The summed E-state index contributed by atoms with van der Waals surface area (Å²) in [5.41, 5.74) is 0. The minimum absolute atomic E-state index is 0.750. The van der Waals surface area contributed by atoms with E-state index in [9.17, 15) is 0 Å². The van der Waals surface area contributed by atoms with Gasteiger partial charge in [-0.2, -0.15) is 11.8 Å². The molecule has 0 aromatic rings. The molecule has 1 saturated heterocycles. The highest BCUT2D eigenvalue weighted by Crippen LogP contribution is 2.24. The molecule has 0 aromatic carbocycles. The predicted molar refractivity (Wildman–Crippen MR) is 65.9 cm³/mol. The lowest BCUT2D eigenvalue weighted by Crippen LogP contribution is -2.46. The molecular formula is C10H20BrNS. The van der Waals surface area contributed by atoms with Gasteiger partial charge in [0, 0.05) is 35.5 Å². The molecule has 0 N–H and O–H groups in total. The first-order valence-corrected chi connectivity index (χ1v) is 7.23. The number of alkyl halides is 1. The van der Waals surface area contributed by atoms with Crippen molar-refractivity contribution in [3.05, 3.63) is 0 Å². The van der Waals surface area contributed by atoms with Crippen LogP contribution in [0.1, 0.15) is 20.8 Å². The molecule has 3 heteroatoms. The quantitative estimate of drug-likeness (QED) is 0.723. The molecule has 1 nitrogen and oxygen atoms in total. The third kappa shape index (κ3) is 3.45. The maximum absolute atomic E-state index is 3.54. The number of nitrogens with zero attached hydrogens (tertiary/aromatic N) is 1. The number of halogens is 1. The summed E-state index contributed by atoms with van der Waals surface area (Å²) >= 11 is 5.66. The molecule has 1 aliphatic heterocycles. The average molecular weight is 266 g/mol. The van der Waals surface area contributed by atoms with Crippen LogP contribution in [0.15, 0.2) is 0 Å². The third-order valence-corrected chi connectivity index (χ3v) is 5.27. The lowest BCUT2D eigenvalue weighted by Gasteiger charge is -2.38. The topological polar surface area (TPSA) is 3.24 Å². The van der Waals surface area contributed by atoms with Crippen LogP contribution in [0.2, 0.25) is 0 Å². The Hall–Kier alpha value is 0.790. The van der Waals surface area contributed by atoms with E-state index in [0.717, 1.165) is 22.5 Å². The van der Waals surface area contributed by atoms with Crippen molar-refractivity contribution >= 4 is 27.7 Å². The molecule has 1 aliphatic rings. The van der Waals surface area contributed by atoms with Crippen LogP contribution < -0.4 is 0 Å². The smallest absolute Gasteiger partial charge is 0.0184 e. The van der Waals surface area contributed by atoms with Gasteiger partial charge in [-0.25, -0.2) is 0 Å². The summed E-state index contributed by atoms with van der Waals surface area (Å²) in [4.78, 5) is 2.63. The standard InChI is InChI=1S/C10H20BrNS/c1-8(6-11)7-12-4-5-13-10(3)9(12)2/h8-10H,4-7H2,1-3H3. The first-order chi connectivity index (χ1) is 6.15. The van der Waals surface area contributed by atoms with Crippen molar-refractivity contribution in [3.8, 4) is 0 Å². The van der Waals surface area contributed by atoms with Crippen LogP contribution in [-0.4, -0.2) is 40.4 Å². The highest BCUT2D eigenvalue weighted by molar-refractivity contribution is 9.09. The summed E-state index contributed by atoms with van der Waals surface area (Å²) in [6.45, 7) is 9.54. The van der Waals surface area contributed by atoms with Crippen LogP contribution in [-0.2, 0) is 0 Å². The van der Waals surface area contributed by atoms with Gasteiger partial charge in [0.15, 0.2) is 0 Å². The van der Waals surface area contributed by atoms with Gasteiger partial charge in [-0.05, 0) is 12.8 Å². The van der Waals surface area contributed by atoms with Gasteiger partial charge in [0.2, 0.25) is 0 Å². The zero-order valence-corrected chi connectivity index (χ0v) is 11.2. The fourth-order valence-corrected chi connectivity index (χ4v) is 3.07. The van der Waals surface area contributed by atoms with Crippen molar-refractivity contribution in [1.82, 2.24) is 4.90 Å². The van der Waals surface area contributed by atoms with E-state index in [1.54, 1.807) is 0 Å². The number of hydrogen-bond acceptors (Lipinski definition) is 2. The molecule has 0 radical (unpaired) electrons. The first-order valence-electron chi connectivity index (χ1n) is 5.06. The second-order valence-corrected chi connectivity index (χ2v) is 6.20. The van der Waals surface area contributed by atoms with Crippen molar-refractivity contribution < 1.29 is 0 Å². The monoisotopic (exact) mass is 265 g/mol. The largest absolute Gasteiger partial charge is 0.298 e. The molecule has 1 fully saturated rings. The van der Waals surface area contributed by atoms with E-state index in [0.29, 0.717) is 0 Å². The van der Waals surface area contributed by atoms with E-state index >= 15 is 0 Å². The highest BCUT2D eigenvalue weighted by Gasteiger charge is 2.25. The first kappa shape index (κ1) is 11.9. The van der Waals surface area contributed by atoms with Gasteiger partial charge in [-0.15, -0.1) is 0 Å². The Labute approximate surface area is 94.8 Å². The van der Waals surface area contributed by atoms with E-state index in [-0.39, 0.29) is 0 Å². The SMILES string of the molecule is CC(CBr)CN1CCSC(C)C1C. The maximum atomic E-state index is 3.54. The van der Waals surface area contributed by atoms with Crippen LogP contribution in [0.4, 0.5) is 0 Å². The van der Waals surface area contributed by atoms with Gasteiger partial charge in [0.1, 0.15) is 0 Å². The summed E-state index contributed by atoms with van der Waals surface area (Å²) in [5, 5.41) is 1.92. The molecule has 0 saturated carbocycles. The number of hydrogen-bond donors (Lipinski definition) is 0. The predicted octanol–water partition coefficient (Wildman–Crippen LogP) is 2.84. The Kier molecular flexibility index (Phi) is 5.13.